The van der Waals surface area contributed by atoms with E-state index < -0.39 is 5.97 Å². The van der Waals surface area contributed by atoms with Crippen LogP contribution in [0.1, 0.15) is 151 Å². The third kappa shape index (κ3) is 22.4. The van der Waals surface area contributed by atoms with Crippen LogP contribution in [-0.4, -0.2) is 16.9 Å². The van der Waals surface area contributed by atoms with Gasteiger partial charge in [-0.2, -0.15) is 17.7 Å². The minimum absolute atomic E-state index is 0. The van der Waals surface area contributed by atoms with Gasteiger partial charge in [-0.1, -0.05) is 122 Å². The van der Waals surface area contributed by atoms with Crippen molar-refractivity contribution in [1.29, 1.82) is 0 Å². The van der Waals surface area contributed by atoms with E-state index >= 15 is 0 Å². The molecule has 0 atom stereocenters. The number of aryl methyl sites for hydroxylation is 1. The van der Waals surface area contributed by atoms with Gasteiger partial charge in [-0.15, -0.1) is 6.42 Å². The van der Waals surface area contributed by atoms with Crippen LogP contribution < -0.4 is 0 Å². The van der Waals surface area contributed by atoms with Crippen LogP contribution in [0.3, 0.4) is 0 Å². The summed E-state index contributed by atoms with van der Waals surface area (Å²) in [5, 5.41) is 8.38. The number of aliphatic carboxylic acids is 1. The van der Waals surface area contributed by atoms with Gasteiger partial charge in [-0.3, -0.25) is 10.6 Å². The summed E-state index contributed by atoms with van der Waals surface area (Å²) < 4.78 is 0. The molecule has 0 saturated heterocycles. The summed E-state index contributed by atoms with van der Waals surface area (Å²) in [4.78, 5) is 21.6. The first-order valence-electron chi connectivity index (χ1n) is 15.3. The van der Waals surface area contributed by atoms with Gasteiger partial charge in [-0.25, -0.2) is 12.1 Å². The van der Waals surface area contributed by atoms with Crippen molar-refractivity contribution in [3.8, 4) is 0 Å². The molecule has 0 saturated carbocycles. The molecule has 0 fully saturated rings. The largest absolute Gasteiger partial charge is 0.718 e. The minimum Gasteiger partial charge on any atom is -0.718 e. The number of carbonyl (C=O) groups is 2. The van der Waals surface area contributed by atoms with Gasteiger partial charge in [0.05, 0.1) is 0 Å². The van der Waals surface area contributed by atoms with Gasteiger partial charge in [0.25, 0.3) is 0 Å². The number of carboxylic acid groups (broad SMARTS) is 1. The molecule has 0 aromatic heterocycles. The summed E-state index contributed by atoms with van der Waals surface area (Å²) in [5.74, 6) is -0.703. The number of hydrogen-bond donors (Lipinski definition) is 1. The number of hydrogen-bond acceptors (Lipinski definition) is 2. The van der Waals surface area contributed by atoms with Crippen molar-refractivity contribution in [1.82, 2.24) is 0 Å². The van der Waals surface area contributed by atoms with E-state index in [1.807, 2.05) is 12.1 Å². The average Bonchev–Trinajstić information content (AvgIpc) is 3.61. The van der Waals surface area contributed by atoms with E-state index in [0.717, 1.165) is 5.56 Å². The predicted octanol–water partition coefficient (Wildman–Crippen LogP) is 10.4. The molecule has 3 nitrogen and oxygen atoms in total. The standard InChI is InChI=1S/C23H41.C11H13O3.Fe/c1-2-3-4-5-6-7-8-9-10-11-12-13-14-15-16-17-20-23-21-18-19-22-23;12-10(9-5-1-2-6-9)7-3-4-8-11(13)14;/h18-19,21-22H,2-17,20H2,1H3;1-2,5-6H,3-4,7-8H2,(H,13,14);/q-1;-5;. The van der Waals surface area contributed by atoms with E-state index in [9.17, 15) is 9.59 Å². The zero-order valence-electron chi connectivity index (χ0n) is 24.1. The van der Waals surface area contributed by atoms with Gasteiger partial charge in [-0.05, 0) is 6.42 Å². The Morgan fingerprint density at radius 1 is 0.632 bits per heavy atom. The normalized spacial score (nSPS) is 10.4. The second-order valence-corrected chi connectivity index (χ2v) is 10.5. The van der Waals surface area contributed by atoms with E-state index in [4.69, 9.17) is 5.11 Å². The fraction of sp³-hybridized carbons (Fsp3) is 0.647. The maximum Gasteiger partial charge on any atom is 0.303 e. The van der Waals surface area contributed by atoms with Gasteiger partial charge in [0.2, 0.25) is 0 Å². The molecule has 4 heteroatoms. The monoisotopic (exact) mass is 566 g/mol. The first-order chi connectivity index (χ1) is 18.1. The third-order valence-electron chi connectivity index (χ3n) is 7.08. The molecule has 222 valence electrons. The van der Waals surface area contributed by atoms with Crippen molar-refractivity contribution < 1.29 is 31.8 Å². The van der Waals surface area contributed by atoms with Crippen molar-refractivity contribution in [2.45, 2.75) is 142 Å². The Hall–Kier alpha value is -1.64. The molecule has 2 aromatic carbocycles. The van der Waals surface area contributed by atoms with Crippen molar-refractivity contribution in [3.05, 3.63) is 59.7 Å². The third-order valence-corrected chi connectivity index (χ3v) is 7.08. The molecule has 2 rings (SSSR count). The maximum absolute atomic E-state index is 11.4. The molecular formula is C34H54FeO3-6. The molecule has 0 unspecified atom stereocenters. The van der Waals surface area contributed by atoms with Crippen molar-refractivity contribution >= 4 is 11.8 Å². The van der Waals surface area contributed by atoms with Crippen LogP contribution >= 0.6 is 0 Å². The molecule has 0 aliphatic rings. The van der Waals surface area contributed by atoms with Crippen LogP contribution in [0.15, 0.2) is 48.5 Å². The second kappa shape index (κ2) is 26.9. The topological polar surface area (TPSA) is 54.4 Å². The molecule has 0 aliphatic carbocycles. The summed E-state index contributed by atoms with van der Waals surface area (Å²) >= 11 is 0. The number of rotatable bonds is 23. The van der Waals surface area contributed by atoms with Crippen LogP contribution in [0.25, 0.3) is 0 Å². The van der Waals surface area contributed by atoms with Crippen LogP contribution in [0.2, 0.25) is 0 Å². The van der Waals surface area contributed by atoms with E-state index in [1.165, 1.54) is 115 Å². The van der Waals surface area contributed by atoms with Gasteiger partial charge in [0.15, 0.2) is 0 Å². The molecule has 0 aliphatic heterocycles. The zero-order chi connectivity index (χ0) is 26.8. The molecule has 1 N–H and O–H groups in total. The maximum atomic E-state index is 11.4. The molecule has 0 amide bonds. The number of carboxylic acids is 1. The van der Waals surface area contributed by atoms with Crippen molar-refractivity contribution in [2.24, 2.45) is 0 Å². The molecule has 2 aromatic rings. The SMILES string of the molecule is CCCCCCCCCCCCCCCCCC[c-]1cccc1.O=C(O)CCCCC(=O)[c-]1[cH-][cH-][cH-][cH-]1.[Fe]. The summed E-state index contributed by atoms with van der Waals surface area (Å²) in [7, 11) is 0. The predicted molar refractivity (Wildman–Crippen MR) is 158 cm³/mol. The van der Waals surface area contributed by atoms with Gasteiger partial charge < -0.3 is 39.7 Å². The Labute approximate surface area is 244 Å². The smallest absolute Gasteiger partial charge is 0.303 e. The molecule has 0 bridgehead atoms. The quantitative estimate of drug-likeness (QED) is 0.0630. The van der Waals surface area contributed by atoms with E-state index in [2.05, 4.69) is 31.2 Å². The Balaban J connectivity index is 0.000000783. The van der Waals surface area contributed by atoms with Gasteiger partial charge in [0, 0.05) is 23.5 Å². The molecule has 0 heterocycles. The first kappa shape index (κ1) is 36.4. The minimum atomic E-state index is -0.800. The van der Waals surface area contributed by atoms with Gasteiger partial charge in [0.1, 0.15) is 0 Å². The van der Waals surface area contributed by atoms with E-state index in [-0.39, 0.29) is 29.3 Å². The molecular weight excluding hydrogens is 512 g/mol. The first-order valence-corrected chi connectivity index (χ1v) is 15.3. The zero-order valence-corrected chi connectivity index (χ0v) is 25.2. The number of unbranched alkanes of at least 4 members (excludes halogenated alkanes) is 16. The molecule has 38 heavy (non-hydrogen) atoms. The Bertz CT molecular complexity index is 749. The molecule has 0 radical (unpaired) electrons. The van der Waals surface area contributed by atoms with E-state index in [0.29, 0.717) is 19.3 Å². The van der Waals surface area contributed by atoms with Crippen molar-refractivity contribution in [3.63, 3.8) is 0 Å². The average molecular weight is 567 g/mol. The van der Waals surface area contributed by atoms with E-state index in [1.54, 1.807) is 12.1 Å². The Morgan fingerprint density at radius 2 is 1.05 bits per heavy atom. The summed E-state index contributed by atoms with van der Waals surface area (Å²) in [5.41, 5.74) is 2.25. The number of ketones is 1. The van der Waals surface area contributed by atoms with Crippen LogP contribution in [0, 0.1) is 0 Å². The number of Topliss-reactive ketones (excluding diaryl/α,β-unsaturated/α-hetero) is 1. The van der Waals surface area contributed by atoms with Crippen LogP contribution in [0.4, 0.5) is 0 Å². The summed E-state index contributed by atoms with van der Waals surface area (Å²) in [6.07, 6.45) is 26.3. The molecule has 0 spiro atoms. The van der Waals surface area contributed by atoms with Crippen LogP contribution in [-0.2, 0) is 28.3 Å². The fourth-order valence-corrected chi connectivity index (χ4v) is 4.72. The van der Waals surface area contributed by atoms with Crippen LogP contribution in [0.5, 0.6) is 0 Å². The second-order valence-electron chi connectivity index (χ2n) is 10.5. The number of carbonyl (C=O) groups excluding carboxylic acids is 1. The van der Waals surface area contributed by atoms with Gasteiger partial charge >= 0.3 is 5.97 Å². The Morgan fingerprint density at radius 3 is 1.50 bits per heavy atom. The fourth-order valence-electron chi connectivity index (χ4n) is 4.72. The summed E-state index contributed by atoms with van der Waals surface area (Å²) in [6.45, 7) is 2.30. The van der Waals surface area contributed by atoms with Crippen molar-refractivity contribution in [2.75, 3.05) is 0 Å². The summed E-state index contributed by atoms with van der Waals surface area (Å²) in [6, 6.07) is 16.0. The Kier molecular flexibility index (Phi) is 25.8.